The van der Waals surface area contributed by atoms with E-state index in [2.05, 4.69) is 36.9 Å². The van der Waals surface area contributed by atoms with Gasteiger partial charge in [-0.25, -0.2) is 0 Å². The standard InChI is InChI=1S/C18H30N2O/c1-5-21-18-10-9-16(15(4)19)11-17(18)12-20-13(2)7-6-8-14(20)3/h9-11,13-15H,5-8,12,19H2,1-4H3. The van der Waals surface area contributed by atoms with Crippen molar-refractivity contribution < 1.29 is 4.74 Å². The fourth-order valence-corrected chi connectivity index (χ4v) is 3.29. The van der Waals surface area contributed by atoms with Gasteiger partial charge in [-0.2, -0.15) is 0 Å². The highest BCUT2D eigenvalue weighted by Crippen LogP contribution is 2.29. The van der Waals surface area contributed by atoms with Gasteiger partial charge in [-0.05, 0) is 58.2 Å². The third kappa shape index (κ3) is 3.98. The molecule has 1 aromatic carbocycles. The molecule has 3 heteroatoms. The number of rotatable bonds is 5. The van der Waals surface area contributed by atoms with E-state index in [-0.39, 0.29) is 6.04 Å². The second-order valence-electron chi connectivity index (χ2n) is 6.39. The number of nitrogens with zero attached hydrogens (tertiary/aromatic N) is 1. The van der Waals surface area contributed by atoms with Crippen LogP contribution in [0.2, 0.25) is 0 Å². The third-order valence-electron chi connectivity index (χ3n) is 4.64. The van der Waals surface area contributed by atoms with Gasteiger partial charge in [0, 0.05) is 30.2 Å². The minimum atomic E-state index is 0.0654. The third-order valence-corrected chi connectivity index (χ3v) is 4.64. The lowest BCUT2D eigenvalue weighted by molar-refractivity contribution is 0.0940. The van der Waals surface area contributed by atoms with Gasteiger partial charge >= 0.3 is 0 Å². The smallest absolute Gasteiger partial charge is 0.123 e. The van der Waals surface area contributed by atoms with Gasteiger partial charge in [0.2, 0.25) is 0 Å². The van der Waals surface area contributed by atoms with Crippen LogP contribution < -0.4 is 10.5 Å². The average Bonchev–Trinajstić information content (AvgIpc) is 2.44. The lowest BCUT2D eigenvalue weighted by Gasteiger charge is -2.39. The van der Waals surface area contributed by atoms with Crippen molar-refractivity contribution in [3.63, 3.8) is 0 Å². The van der Waals surface area contributed by atoms with E-state index < -0.39 is 0 Å². The lowest BCUT2D eigenvalue weighted by atomic mass is 9.96. The van der Waals surface area contributed by atoms with Crippen molar-refractivity contribution in [3.05, 3.63) is 29.3 Å². The first-order valence-electron chi connectivity index (χ1n) is 8.29. The SMILES string of the molecule is CCOc1ccc(C(C)N)cc1CN1C(C)CCCC1C. The lowest BCUT2D eigenvalue weighted by Crippen LogP contribution is -2.43. The first kappa shape index (κ1) is 16.3. The summed E-state index contributed by atoms with van der Waals surface area (Å²) in [6, 6.07) is 7.74. The summed E-state index contributed by atoms with van der Waals surface area (Å²) in [4.78, 5) is 2.60. The molecule has 1 fully saturated rings. The van der Waals surface area contributed by atoms with Gasteiger partial charge in [-0.3, -0.25) is 4.90 Å². The van der Waals surface area contributed by atoms with E-state index in [1.165, 1.54) is 30.4 Å². The second kappa shape index (κ2) is 7.28. The summed E-state index contributed by atoms with van der Waals surface area (Å²) in [5.41, 5.74) is 8.50. The van der Waals surface area contributed by atoms with Crippen LogP contribution in [-0.4, -0.2) is 23.6 Å². The van der Waals surface area contributed by atoms with E-state index in [1.807, 2.05) is 13.8 Å². The van der Waals surface area contributed by atoms with Crippen LogP contribution in [0.25, 0.3) is 0 Å². The van der Waals surface area contributed by atoms with E-state index in [0.717, 1.165) is 12.3 Å². The number of nitrogens with two attached hydrogens (primary N) is 1. The molecule has 3 unspecified atom stereocenters. The van der Waals surface area contributed by atoms with Crippen LogP contribution in [0.4, 0.5) is 0 Å². The first-order chi connectivity index (χ1) is 10.0. The predicted molar refractivity (Wildman–Crippen MR) is 88.5 cm³/mol. The molecule has 3 nitrogen and oxygen atoms in total. The molecule has 0 aliphatic carbocycles. The zero-order valence-corrected chi connectivity index (χ0v) is 13.9. The highest BCUT2D eigenvalue weighted by Gasteiger charge is 2.25. The molecule has 1 aliphatic rings. The average molecular weight is 290 g/mol. The van der Waals surface area contributed by atoms with Crippen molar-refractivity contribution in [1.29, 1.82) is 0 Å². The summed E-state index contributed by atoms with van der Waals surface area (Å²) in [5.74, 6) is 1.01. The zero-order chi connectivity index (χ0) is 15.4. The molecule has 0 saturated carbocycles. The first-order valence-corrected chi connectivity index (χ1v) is 8.29. The number of likely N-dealkylation sites (tertiary alicyclic amines) is 1. The maximum atomic E-state index is 6.04. The molecule has 3 atom stereocenters. The maximum absolute atomic E-state index is 6.04. The molecule has 2 N–H and O–H groups in total. The second-order valence-corrected chi connectivity index (χ2v) is 6.39. The number of benzene rings is 1. The summed E-state index contributed by atoms with van der Waals surface area (Å²) >= 11 is 0. The summed E-state index contributed by atoms with van der Waals surface area (Å²) in [6.45, 7) is 10.4. The van der Waals surface area contributed by atoms with Crippen molar-refractivity contribution in [2.75, 3.05) is 6.61 Å². The largest absolute Gasteiger partial charge is 0.494 e. The van der Waals surface area contributed by atoms with E-state index >= 15 is 0 Å². The van der Waals surface area contributed by atoms with E-state index in [1.54, 1.807) is 0 Å². The Balaban J connectivity index is 2.24. The fraction of sp³-hybridized carbons (Fsp3) is 0.667. The molecule has 0 aromatic heterocycles. The van der Waals surface area contributed by atoms with Gasteiger partial charge in [0.1, 0.15) is 5.75 Å². The Kier molecular flexibility index (Phi) is 5.65. The molecule has 0 spiro atoms. The van der Waals surface area contributed by atoms with E-state index in [0.29, 0.717) is 18.7 Å². The predicted octanol–water partition coefficient (Wildman–Crippen LogP) is 3.87. The summed E-state index contributed by atoms with van der Waals surface area (Å²) in [7, 11) is 0. The quantitative estimate of drug-likeness (QED) is 0.894. The van der Waals surface area contributed by atoms with Gasteiger partial charge in [0.25, 0.3) is 0 Å². The molecular formula is C18H30N2O. The molecular weight excluding hydrogens is 260 g/mol. The normalized spacial score (nSPS) is 24.8. The van der Waals surface area contributed by atoms with Crippen LogP contribution >= 0.6 is 0 Å². The van der Waals surface area contributed by atoms with Gasteiger partial charge in [0.15, 0.2) is 0 Å². The molecule has 1 aliphatic heterocycles. The number of hydrogen-bond acceptors (Lipinski definition) is 3. The molecule has 21 heavy (non-hydrogen) atoms. The molecule has 0 bridgehead atoms. The monoisotopic (exact) mass is 290 g/mol. The molecule has 2 rings (SSSR count). The Morgan fingerprint density at radius 2 is 1.95 bits per heavy atom. The Morgan fingerprint density at radius 3 is 2.52 bits per heavy atom. The van der Waals surface area contributed by atoms with Gasteiger partial charge in [0.05, 0.1) is 6.61 Å². The minimum absolute atomic E-state index is 0.0654. The van der Waals surface area contributed by atoms with Crippen molar-refractivity contribution in [2.45, 2.75) is 71.6 Å². The number of hydrogen-bond donors (Lipinski definition) is 1. The fourth-order valence-electron chi connectivity index (χ4n) is 3.29. The highest BCUT2D eigenvalue weighted by atomic mass is 16.5. The maximum Gasteiger partial charge on any atom is 0.123 e. The van der Waals surface area contributed by atoms with Crippen molar-refractivity contribution in [2.24, 2.45) is 5.73 Å². The zero-order valence-electron chi connectivity index (χ0n) is 13.9. The molecule has 1 heterocycles. The number of piperidine rings is 1. The van der Waals surface area contributed by atoms with E-state index in [4.69, 9.17) is 10.5 Å². The van der Waals surface area contributed by atoms with Crippen molar-refractivity contribution in [3.8, 4) is 5.75 Å². The Morgan fingerprint density at radius 1 is 1.29 bits per heavy atom. The Bertz CT molecular complexity index is 449. The molecule has 0 radical (unpaired) electrons. The molecule has 0 amide bonds. The van der Waals surface area contributed by atoms with Crippen molar-refractivity contribution >= 4 is 0 Å². The van der Waals surface area contributed by atoms with Gasteiger partial charge in [-0.15, -0.1) is 0 Å². The highest BCUT2D eigenvalue weighted by molar-refractivity contribution is 5.38. The van der Waals surface area contributed by atoms with Crippen molar-refractivity contribution in [1.82, 2.24) is 4.90 Å². The Labute approximate surface area is 129 Å². The van der Waals surface area contributed by atoms with Crippen LogP contribution in [0.3, 0.4) is 0 Å². The van der Waals surface area contributed by atoms with Crippen LogP contribution in [0, 0.1) is 0 Å². The minimum Gasteiger partial charge on any atom is -0.494 e. The Hall–Kier alpha value is -1.06. The van der Waals surface area contributed by atoms with Gasteiger partial charge < -0.3 is 10.5 Å². The summed E-state index contributed by atoms with van der Waals surface area (Å²) in [6.07, 6.45) is 3.93. The van der Waals surface area contributed by atoms with Crippen LogP contribution in [0.1, 0.15) is 64.1 Å². The summed E-state index contributed by atoms with van der Waals surface area (Å²) < 4.78 is 5.82. The number of ether oxygens (including phenoxy) is 1. The topological polar surface area (TPSA) is 38.5 Å². The molecule has 118 valence electrons. The van der Waals surface area contributed by atoms with E-state index in [9.17, 15) is 0 Å². The molecule has 1 saturated heterocycles. The van der Waals surface area contributed by atoms with Crippen LogP contribution in [0.5, 0.6) is 5.75 Å². The summed E-state index contributed by atoms with van der Waals surface area (Å²) in [5, 5.41) is 0. The van der Waals surface area contributed by atoms with Gasteiger partial charge in [-0.1, -0.05) is 12.5 Å². The van der Waals surface area contributed by atoms with Crippen LogP contribution in [-0.2, 0) is 6.54 Å². The molecule has 1 aromatic rings. The van der Waals surface area contributed by atoms with Crippen LogP contribution in [0.15, 0.2) is 18.2 Å².